The van der Waals surface area contributed by atoms with Gasteiger partial charge in [-0.25, -0.2) is 0 Å². The summed E-state index contributed by atoms with van der Waals surface area (Å²) in [7, 11) is 0. The van der Waals surface area contributed by atoms with E-state index in [1.165, 1.54) is 6.08 Å². The number of hydrogen-bond donors (Lipinski definition) is 2. The van der Waals surface area contributed by atoms with Gasteiger partial charge in [0.15, 0.2) is 0 Å². The largest absolute Gasteiger partial charge is 0.355 e. The molecule has 0 fully saturated rings. The van der Waals surface area contributed by atoms with Crippen LogP contribution in [-0.4, -0.2) is 24.9 Å². The molecule has 18 heavy (non-hydrogen) atoms. The third-order valence-corrected chi connectivity index (χ3v) is 2.46. The molecule has 0 heterocycles. The summed E-state index contributed by atoms with van der Waals surface area (Å²) in [6, 6.07) is 7.19. The molecule has 2 N–H and O–H groups in total. The normalized spacial score (nSPS) is 10.3. The summed E-state index contributed by atoms with van der Waals surface area (Å²) in [5.74, 6) is -0.543. The van der Waals surface area contributed by atoms with Gasteiger partial charge in [0.25, 0.3) is 0 Å². The first kappa shape index (κ1) is 14.3. The van der Waals surface area contributed by atoms with Crippen LogP contribution < -0.4 is 10.6 Å². The minimum absolute atomic E-state index is 0.0282. The van der Waals surface area contributed by atoms with Crippen LogP contribution in [0.3, 0.4) is 0 Å². The lowest BCUT2D eigenvalue weighted by molar-refractivity contribution is -0.123. The summed E-state index contributed by atoms with van der Waals surface area (Å²) < 4.78 is 0. The SMILES string of the molecule is CCNC(=O)CNC(=O)/C=C/c1ccccc1Cl. The maximum Gasteiger partial charge on any atom is 0.244 e. The molecule has 0 saturated carbocycles. The van der Waals surface area contributed by atoms with E-state index in [0.717, 1.165) is 5.56 Å². The Morgan fingerprint density at radius 3 is 2.67 bits per heavy atom. The lowest BCUT2D eigenvalue weighted by atomic mass is 10.2. The first-order valence-corrected chi connectivity index (χ1v) is 5.98. The van der Waals surface area contributed by atoms with Crippen molar-refractivity contribution in [3.8, 4) is 0 Å². The number of hydrogen-bond acceptors (Lipinski definition) is 2. The van der Waals surface area contributed by atoms with Gasteiger partial charge in [-0.2, -0.15) is 0 Å². The Hall–Kier alpha value is -1.81. The van der Waals surface area contributed by atoms with Crippen LogP contribution in [0.1, 0.15) is 12.5 Å². The number of rotatable bonds is 5. The van der Waals surface area contributed by atoms with Gasteiger partial charge in [0.1, 0.15) is 0 Å². The zero-order chi connectivity index (χ0) is 13.4. The van der Waals surface area contributed by atoms with Crippen LogP contribution in [0.2, 0.25) is 5.02 Å². The fourth-order valence-electron chi connectivity index (χ4n) is 1.26. The third-order valence-electron chi connectivity index (χ3n) is 2.12. The van der Waals surface area contributed by atoms with Gasteiger partial charge in [-0.05, 0) is 24.6 Å². The molecule has 0 aromatic heterocycles. The maximum atomic E-state index is 11.4. The Bertz CT molecular complexity index is 458. The molecule has 0 saturated heterocycles. The second-order valence-electron chi connectivity index (χ2n) is 3.53. The second kappa shape index (κ2) is 7.50. The molecule has 0 spiro atoms. The van der Waals surface area contributed by atoms with Crippen molar-refractivity contribution in [1.29, 1.82) is 0 Å². The Balaban J connectivity index is 2.45. The van der Waals surface area contributed by atoms with Crippen molar-refractivity contribution in [2.45, 2.75) is 6.92 Å². The van der Waals surface area contributed by atoms with E-state index >= 15 is 0 Å². The number of carbonyl (C=O) groups excluding carboxylic acids is 2. The zero-order valence-electron chi connectivity index (χ0n) is 10.1. The van der Waals surface area contributed by atoms with E-state index < -0.39 is 0 Å². The van der Waals surface area contributed by atoms with Crippen LogP contribution in [-0.2, 0) is 9.59 Å². The first-order chi connectivity index (χ1) is 8.63. The molecule has 0 radical (unpaired) electrons. The highest BCUT2D eigenvalue weighted by Crippen LogP contribution is 2.15. The minimum Gasteiger partial charge on any atom is -0.355 e. The highest BCUT2D eigenvalue weighted by Gasteiger charge is 2.01. The van der Waals surface area contributed by atoms with Crippen molar-refractivity contribution in [2.75, 3.05) is 13.1 Å². The maximum absolute atomic E-state index is 11.4. The van der Waals surface area contributed by atoms with Gasteiger partial charge in [0.05, 0.1) is 6.54 Å². The van der Waals surface area contributed by atoms with Gasteiger partial charge >= 0.3 is 0 Å². The molecule has 2 amide bonds. The summed E-state index contributed by atoms with van der Waals surface area (Å²) in [5, 5.41) is 5.64. The van der Waals surface area contributed by atoms with Crippen LogP contribution in [0, 0.1) is 0 Å². The molecule has 5 heteroatoms. The molecule has 4 nitrogen and oxygen atoms in total. The van der Waals surface area contributed by atoms with Gasteiger partial charge in [-0.3, -0.25) is 9.59 Å². The number of likely N-dealkylation sites (N-methyl/N-ethyl adjacent to an activating group) is 1. The van der Waals surface area contributed by atoms with E-state index in [-0.39, 0.29) is 18.4 Å². The number of amides is 2. The van der Waals surface area contributed by atoms with E-state index in [2.05, 4.69) is 10.6 Å². The van der Waals surface area contributed by atoms with Crippen LogP contribution in [0.15, 0.2) is 30.3 Å². The van der Waals surface area contributed by atoms with Crippen molar-refractivity contribution in [3.63, 3.8) is 0 Å². The fraction of sp³-hybridized carbons (Fsp3) is 0.231. The number of benzene rings is 1. The van der Waals surface area contributed by atoms with E-state index in [0.29, 0.717) is 11.6 Å². The smallest absolute Gasteiger partial charge is 0.244 e. The molecule has 96 valence electrons. The highest BCUT2D eigenvalue weighted by molar-refractivity contribution is 6.32. The second-order valence-corrected chi connectivity index (χ2v) is 3.93. The lowest BCUT2D eigenvalue weighted by Crippen LogP contribution is -2.35. The van der Waals surface area contributed by atoms with Crippen LogP contribution in [0.5, 0.6) is 0 Å². The summed E-state index contributed by atoms with van der Waals surface area (Å²) >= 11 is 5.93. The van der Waals surface area contributed by atoms with E-state index in [9.17, 15) is 9.59 Å². The lowest BCUT2D eigenvalue weighted by Gasteiger charge is -2.02. The van der Waals surface area contributed by atoms with Crippen molar-refractivity contribution < 1.29 is 9.59 Å². The standard InChI is InChI=1S/C13H15ClN2O2/c1-2-15-13(18)9-16-12(17)8-7-10-5-3-4-6-11(10)14/h3-8H,2,9H2,1H3,(H,15,18)(H,16,17)/b8-7+. The van der Waals surface area contributed by atoms with Crippen molar-refractivity contribution in [2.24, 2.45) is 0 Å². The fourth-order valence-corrected chi connectivity index (χ4v) is 1.46. The Kier molecular flexibility index (Phi) is 5.94. The number of carbonyl (C=O) groups is 2. The summed E-state index contributed by atoms with van der Waals surface area (Å²) in [5.41, 5.74) is 0.757. The van der Waals surface area contributed by atoms with Crippen molar-refractivity contribution >= 4 is 29.5 Å². The van der Waals surface area contributed by atoms with E-state index in [4.69, 9.17) is 11.6 Å². The first-order valence-electron chi connectivity index (χ1n) is 5.60. The van der Waals surface area contributed by atoms with Crippen LogP contribution >= 0.6 is 11.6 Å². The van der Waals surface area contributed by atoms with Gasteiger partial charge in [0, 0.05) is 17.6 Å². The Labute approximate surface area is 111 Å². The molecule has 0 unspecified atom stereocenters. The predicted molar refractivity (Wildman–Crippen MR) is 72.2 cm³/mol. The summed E-state index contributed by atoms with van der Waals surface area (Å²) in [6.45, 7) is 2.33. The molecule has 0 bridgehead atoms. The quantitative estimate of drug-likeness (QED) is 0.796. The van der Waals surface area contributed by atoms with Gasteiger partial charge < -0.3 is 10.6 Å². The average molecular weight is 267 g/mol. The monoisotopic (exact) mass is 266 g/mol. The predicted octanol–water partition coefficient (Wildman–Crippen LogP) is 1.61. The van der Waals surface area contributed by atoms with E-state index in [1.807, 2.05) is 19.1 Å². The molecular weight excluding hydrogens is 252 g/mol. The number of nitrogens with one attached hydrogen (secondary N) is 2. The summed E-state index contributed by atoms with van der Waals surface area (Å²) in [4.78, 5) is 22.5. The topological polar surface area (TPSA) is 58.2 Å². The molecular formula is C13H15ClN2O2. The van der Waals surface area contributed by atoms with Crippen molar-refractivity contribution in [1.82, 2.24) is 10.6 Å². The molecule has 1 rings (SSSR count). The van der Waals surface area contributed by atoms with Crippen LogP contribution in [0.25, 0.3) is 6.08 Å². The zero-order valence-corrected chi connectivity index (χ0v) is 10.8. The van der Waals surface area contributed by atoms with Crippen LogP contribution in [0.4, 0.5) is 0 Å². The molecule has 0 atom stereocenters. The average Bonchev–Trinajstić information content (AvgIpc) is 2.36. The molecule has 0 aliphatic carbocycles. The van der Waals surface area contributed by atoms with Gasteiger partial charge in [-0.15, -0.1) is 0 Å². The van der Waals surface area contributed by atoms with Gasteiger partial charge in [-0.1, -0.05) is 29.8 Å². The minimum atomic E-state index is -0.332. The van der Waals surface area contributed by atoms with E-state index in [1.54, 1.807) is 18.2 Å². The number of halogens is 1. The summed E-state index contributed by atoms with van der Waals surface area (Å²) in [6.07, 6.45) is 2.95. The Morgan fingerprint density at radius 1 is 1.28 bits per heavy atom. The van der Waals surface area contributed by atoms with Crippen molar-refractivity contribution in [3.05, 3.63) is 40.9 Å². The highest BCUT2D eigenvalue weighted by atomic mass is 35.5. The third kappa shape index (κ3) is 5.01. The molecule has 1 aromatic carbocycles. The molecule has 1 aromatic rings. The van der Waals surface area contributed by atoms with Gasteiger partial charge in [0.2, 0.25) is 11.8 Å². The Morgan fingerprint density at radius 2 is 2.00 bits per heavy atom. The molecule has 0 aliphatic rings. The molecule has 0 aliphatic heterocycles.